The first kappa shape index (κ1) is 19.3. The van der Waals surface area contributed by atoms with Crippen molar-refractivity contribution in [3.8, 4) is 0 Å². The predicted molar refractivity (Wildman–Crippen MR) is 114 cm³/mol. The van der Waals surface area contributed by atoms with Gasteiger partial charge in [0.2, 0.25) is 10.0 Å². The van der Waals surface area contributed by atoms with Crippen molar-refractivity contribution >= 4 is 37.4 Å². The molecule has 0 bridgehead atoms. The van der Waals surface area contributed by atoms with Crippen LogP contribution in [0.4, 0.5) is 5.82 Å². The van der Waals surface area contributed by atoms with Crippen molar-refractivity contribution in [3.63, 3.8) is 0 Å². The number of sulfonamides is 1. The van der Waals surface area contributed by atoms with Crippen LogP contribution < -0.4 is 10.0 Å². The number of hydrogen-bond donors (Lipinski definition) is 2. The first-order chi connectivity index (χ1) is 13.4. The van der Waals surface area contributed by atoms with E-state index in [2.05, 4.69) is 20.0 Å². The molecule has 0 atom stereocenters. The molecule has 0 saturated heterocycles. The lowest BCUT2D eigenvalue weighted by Gasteiger charge is -2.13. The molecular formula is C20H24N4O2S2. The number of fused-ring (bicyclic) bond motifs is 3. The Kier molecular flexibility index (Phi) is 5.35. The summed E-state index contributed by atoms with van der Waals surface area (Å²) in [7, 11) is -3.51. The standard InChI is InChI=1S/C20H24N4O2S2/c1-13-7-9-15(10-8-13)28(25,26)22-12-11-21-19-18-16-5-3-4-6-17(16)27-20(18)24-14(2)23-19/h7-10,22H,3-6,11-12H2,1-2H3,(H,21,23,24). The molecule has 0 aliphatic heterocycles. The van der Waals surface area contributed by atoms with Gasteiger partial charge in [-0.25, -0.2) is 23.1 Å². The molecule has 2 aromatic heterocycles. The summed E-state index contributed by atoms with van der Waals surface area (Å²) in [6.45, 7) is 4.57. The molecule has 3 aromatic rings. The van der Waals surface area contributed by atoms with E-state index in [1.165, 1.54) is 23.3 Å². The summed E-state index contributed by atoms with van der Waals surface area (Å²) in [6, 6.07) is 6.85. The SMILES string of the molecule is Cc1ccc(S(=O)(=O)NCCNc2nc(C)nc3sc4c(c23)CCCC4)cc1. The Morgan fingerprint density at radius 2 is 1.79 bits per heavy atom. The van der Waals surface area contributed by atoms with Gasteiger partial charge >= 0.3 is 0 Å². The van der Waals surface area contributed by atoms with E-state index in [-0.39, 0.29) is 11.4 Å². The molecule has 1 aliphatic rings. The maximum Gasteiger partial charge on any atom is 0.240 e. The zero-order chi connectivity index (χ0) is 19.7. The molecular weight excluding hydrogens is 392 g/mol. The van der Waals surface area contributed by atoms with E-state index in [0.29, 0.717) is 6.54 Å². The number of rotatable bonds is 6. The normalized spacial score (nSPS) is 14.2. The number of nitrogens with one attached hydrogen (secondary N) is 2. The van der Waals surface area contributed by atoms with Crippen LogP contribution in [0.2, 0.25) is 0 Å². The molecule has 0 saturated carbocycles. The molecule has 6 nitrogen and oxygen atoms in total. The molecule has 2 heterocycles. The van der Waals surface area contributed by atoms with Gasteiger partial charge in [0.05, 0.1) is 10.3 Å². The van der Waals surface area contributed by atoms with Crippen molar-refractivity contribution in [1.29, 1.82) is 0 Å². The molecule has 0 spiro atoms. The maximum absolute atomic E-state index is 12.4. The number of benzene rings is 1. The summed E-state index contributed by atoms with van der Waals surface area (Å²) in [5.41, 5.74) is 2.40. The smallest absolute Gasteiger partial charge is 0.240 e. The van der Waals surface area contributed by atoms with Gasteiger partial charge < -0.3 is 5.32 Å². The summed E-state index contributed by atoms with van der Waals surface area (Å²) >= 11 is 1.77. The minimum absolute atomic E-state index is 0.283. The molecule has 1 aliphatic carbocycles. The summed E-state index contributed by atoms with van der Waals surface area (Å²) < 4.78 is 27.5. The fourth-order valence-electron chi connectivity index (χ4n) is 3.56. The molecule has 148 valence electrons. The second kappa shape index (κ2) is 7.77. The third-order valence-corrected chi connectivity index (χ3v) is 7.63. The molecule has 0 fully saturated rings. The molecule has 0 amide bonds. The van der Waals surface area contributed by atoms with Gasteiger partial charge in [-0.1, -0.05) is 17.7 Å². The van der Waals surface area contributed by atoms with Crippen LogP contribution in [0.15, 0.2) is 29.2 Å². The average molecular weight is 417 g/mol. The van der Waals surface area contributed by atoms with Crippen LogP contribution in [-0.2, 0) is 22.9 Å². The van der Waals surface area contributed by atoms with E-state index in [9.17, 15) is 8.42 Å². The van der Waals surface area contributed by atoms with Gasteiger partial charge in [0.15, 0.2) is 0 Å². The third kappa shape index (κ3) is 3.90. The lowest BCUT2D eigenvalue weighted by Crippen LogP contribution is -2.29. The highest BCUT2D eigenvalue weighted by Crippen LogP contribution is 2.38. The highest BCUT2D eigenvalue weighted by atomic mass is 32.2. The van der Waals surface area contributed by atoms with Gasteiger partial charge in [0.1, 0.15) is 16.5 Å². The van der Waals surface area contributed by atoms with E-state index >= 15 is 0 Å². The van der Waals surface area contributed by atoms with Crippen LogP contribution in [-0.4, -0.2) is 31.5 Å². The van der Waals surface area contributed by atoms with E-state index in [1.54, 1.807) is 35.6 Å². The van der Waals surface area contributed by atoms with Crippen LogP contribution in [0.5, 0.6) is 0 Å². The minimum atomic E-state index is -3.51. The lowest BCUT2D eigenvalue weighted by atomic mass is 9.97. The summed E-state index contributed by atoms with van der Waals surface area (Å²) in [6.07, 6.45) is 4.61. The van der Waals surface area contributed by atoms with Crippen LogP contribution >= 0.6 is 11.3 Å². The molecule has 4 rings (SSSR count). The highest BCUT2D eigenvalue weighted by molar-refractivity contribution is 7.89. The molecule has 8 heteroatoms. The van der Waals surface area contributed by atoms with Crippen molar-refractivity contribution in [3.05, 3.63) is 46.1 Å². The second-order valence-corrected chi connectivity index (χ2v) is 10.00. The first-order valence-corrected chi connectivity index (χ1v) is 11.8. The van der Waals surface area contributed by atoms with Crippen molar-refractivity contribution in [2.75, 3.05) is 18.4 Å². The van der Waals surface area contributed by atoms with Crippen LogP contribution in [0.3, 0.4) is 0 Å². The van der Waals surface area contributed by atoms with Crippen LogP contribution in [0, 0.1) is 13.8 Å². The Hall–Kier alpha value is -2.03. The number of thiophene rings is 1. The largest absolute Gasteiger partial charge is 0.368 e. The number of nitrogens with zero attached hydrogens (tertiary/aromatic N) is 2. The van der Waals surface area contributed by atoms with Gasteiger partial charge in [0.25, 0.3) is 0 Å². The Morgan fingerprint density at radius 1 is 1.04 bits per heavy atom. The van der Waals surface area contributed by atoms with Crippen LogP contribution in [0.1, 0.15) is 34.7 Å². The summed E-state index contributed by atoms with van der Waals surface area (Å²) in [5, 5.41) is 4.44. The monoisotopic (exact) mass is 416 g/mol. The molecule has 2 N–H and O–H groups in total. The van der Waals surface area contributed by atoms with Crippen molar-refractivity contribution in [1.82, 2.24) is 14.7 Å². The van der Waals surface area contributed by atoms with Gasteiger partial charge in [-0.15, -0.1) is 11.3 Å². The Morgan fingerprint density at radius 3 is 2.57 bits per heavy atom. The van der Waals surface area contributed by atoms with E-state index in [1.807, 2.05) is 13.8 Å². The van der Waals surface area contributed by atoms with Crippen molar-refractivity contribution < 1.29 is 8.42 Å². The Balaban J connectivity index is 1.47. The molecule has 0 radical (unpaired) electrons. The van der Waals surface area contributed by atoms with Crippen LogP contribution in [0.25, 0.3) is 10.2 Å². The van der Waals surface area contributed by atoms with E-state index in [0.717, 1.165) is 40.3 Å². The van der Waals surface area contributed by atoms with E-state index < -0.39 is 10.0 Å². The molecule has 1 aromatic carbocycles. The molecule has 28 heavy (non-hydrogen) atoms. The zero-order valence-corrected chi connectivity index (χ0v) is 17.7. The molecule has 0 unspecified atom stereocenters. The Bertz CT molecular complexity index is 1110. The Labute approximate surface area is 169 Å². The summed E-state index contributed by atoms with van der Waals surface area (Å²) in [5.74, 6) is 1.55. The number of anilines is 1. The fraction of sp³-hybridized carbons (Fsp3) is 0.400. The van der Waals surface area contributed by atoms with Gasteiger partial charge in [0, 0.05) is 18.0 Å². The van der Waals surface area contributed by atoms with Gasteiger partial charge in [-0.3, -0.25) is 0 Å². The topological polar surface area (TPSA) is 84.0 Å². The van der Waals surface area contributed by atoms with Gasteiger partial charge in [-0.2, -0.15) is 0 Å². The van der Waals surface area contributed by atoms with Crippen molar-refractivity contribution in [2.24, 2.45) is 0 Å². The number of hydrogen-bond acceptors (Lipinski definition) is 6. The average Bonchev–Trinajstić information content (AvgIpc) is 3.03. The lowest BCUT2D eigenvalue weighted by molar-refractivity contribution is 0.583. The first-order valence-electron chi connectivity index (χ1n) is 9.53. The number of aromatic nitrogens is 2. The third-order valence-electron chi connectivity index (χ3n) is 4.97. The van der Waals surface area contributed by atoms with Gasteiger partial charge in [-0.05, 0) is 57.2 Å². The minimum Gasteiger partial charge on any atom is -0.368 e. The van der Waals surface area contributed by atoms with E-state index in [4.69, 9.17) is 0 Å². The van der Waals surface area contributed by atoms with Crippen molar-refractivity contribution in [2.45, 2.75) is 44.4 Å². The maximum atomic E-state index is 12.4. The number of aryl methyl sites for hydroxylation is 4. The highest BCUT2D eigenvalue weighted by Gasteiger charge is 2.20. The second-order valence-electron chi connectivity index (χ2n) is 7.15. The fourth-order valence-corrected chi connectivity index (χ4v) is 5.90. The quantitative estimate of drug-likeness (QED) is 0.600. The predicted octanol–water partition coefficient (Wildman–Crippen LogP) is 3.58. The summed E-state index contributed by atoms with van der Waals surface area (Å²) in [4.78, 5) is 11.9. The zero-order valence-electron chi connectivity index (χ0n) is 16.1.